The maximum absolute atomic E-state index is 4.31. The van der Waals surface area contributed by atoms with E-state index in [-0.39, 0.29) is 0 Å². The SMILES string of the molecule is C=C1CCCC/C1=C/C=C1\CCC[C@]2(C)[C@@H](C/C=C/[C@H](C)C(C)C)CC[C@@H]12. The van der Waals surface area contributed by atoms with Crippen molar-refractivity contribution in [3.8, 4) is 0 Å². The summed E-state index contributed by atoms with van der Waals surface area (Å²) < 4.78 is 0. The lowest BCUT2D eigenvalue weighted by Crippen LogP contribution is -2.33. The summed E-state index contributed by atoms with van der Waals surface area (Å²) >= 11 is 0. The van der Waals surface area contributed by atoms with Gasteiger partial charge in [-0.3, -0.25) is 0 Å². The molecule has 0 spiro atoms. The predicted octanol–water partition coefficient (Wildman–Crippen LogP) is 8.42. The molecule has 0 nitrogen and oxygen atoms in total. The molecule has 0 aliphatic heterocycles. The molecular weight excluding hydrogens is 324 g/mol. The lowest BCUT2D eigenvalue weighted by atomic mass is 9.63. The maximum atomic E-state index is 4.31. The van der Waals surface area contributed by atoms with E-state index in [1.54, 1.807) is 5.57 Å². The van der Waals surface area contributed by atoms with Gasteiger partial charge in [0.1, 0.15) is 0 Å². The van der Waals surface area contributed by atoms with Crippen molar-refractivity contribution < 1.29 is 0 Å². The standard InChI is InChI=1S/C27H42/c1-20(2)21(3)11-8-14-25-17-18-26-24(13-9-19-27(25,26)5)16-15-23-12-7-6-10-22(23)4/h8,11,15-16,20-21,25-26H,4,6-7,9-10,12-14,17-19H2,1-3,5H3/b11-8+,23-15-,24-16+/t21-,25-,26-,27+/m0/s1. The molecule has 27 heavy (non-hydrogen) atoms. The smallest absolute Gasteiger partial charge is 0.0143 e. The Kier molecular flexibility index (Phi) is 6.88. The first-order valence-electron chi connectivity index (χ1n) is 11.7. The molecule has 0 heterocycles. The monoisotopic (exact) mass is 366 g/mol. The average Bonchev–Trinajstić information content (AvgIpc) is 2.98. The minimum atomic E-state index is 0.525. The van der Waals surface area contributed by atoms with E-state index in [0.29, 0.717) is 11.3 Å². The molecule has 0 aromatic heterocycles. The number of hydrogen-bond donors (Lipinski definition) is 0. The van der Waals surface area contributed by atoms with Gasteiger partial charge in [-0.2, -0.15) is 0 Å². The minimum Gasteiger partial charge on any atom is -0.0956 e. The molecule has 0 amide bonds. The zero-order chi connectivity index (χ0) is 19.4. The molecule has 0 bridgehead atoms. The highest BCUT2D eigenvalue weighted by Gasteiger charge is 2.48. The van der Waals surface area contributed by atoms with Crippen molar-refractivity contribution in [2.24, 2.45) is 29.1 Å². The number of hydrogen-bond acceptors (Lipinski definition) is 0. The van der Waals surface area contributed by atoms with Crippen LogP contribution in [-0.2, 0) is 0 Å². The second kappa shape index (κ2) is 8.97. The van der Waals surface area contributed by atoms with Crippen LogP contribution < -0.4 is 0 Å². The summed E-state index contributed by atoms with van der Waals surface area (Å²) in [5, 5.41) is 0. The summed E-state index contributed by atoms with van der Waals surface area (Å²) in [5.41, 5.74) is 5.20. The highest BCUT2D eigenvalue weighted by atomic mass is 14.5. The van der Waals surface area contributed by atoms with Crippen LogP contribution in [-0.4, -0.2) is 0 Å². The summed E-state index contributed by atoms with van der Waals surface area (Å²) in [6.07, 6.45) is 23.3. The Morgan fingerprint density at radius 2 is 1.81 bits per heavy atom. The van der Waals surface area contributed by atoms with Crippen molar-refractivity contribution in [1.82, 2.24) is 0 Å². The van der Waals surface area contributed by atoms with Crippen molar-refractivity contribution in [2.45, 2.75) is 91.9 Å². The quantitative estimate of drug-likeness (QED) is 0.428. The van der Waals surface area contributed by atoms with Gasteiger partial charge in [0.25, 0.3) is 0 Å². The van der Waals surface area contributed by atoms with E-state index in [9.17, 15) is 0 Å². The summed E-state index contributed by atoms with van der Waals surface area (Å²) in [5.74, 6) is 3.15. The third-order valence-electron chi connectivity index (χ3n) is 8.20. The molecular formula is C27H42. The van der Waals surface area contributed by atoms with Crippen LogP contribution in [0.2, 0.25) is 0 Å². The van der Waals surface area contributed by atoms with Crippen LogP contribution in [0.25, 0.3) is 0 Å². The van der Waals surface area contributed by atoms with Crippen LogP contribution in [0.5, 0.6) is 0 Å². The van der Waals surface area contributed by atoms with Gasteiger partial charge >= 0.3 is 0 Å². The Morgan fingerprint density at radius 1 is 1.04 bits per heavy atom. The Labute approximate surface area is 168 Å². The molecule has 150 valence electrons. The predicted molar refractivity (Wildman–Crippen MR) is 120 cm³/mol. The zero-order valence-electron chi connectivity index (χ0n) is 18.4. The van der Waals surface area contributed by atoms with Gasteiger partial charge < -0.3 is 0 Å². The van der Waals surface area contributed by atoms with E-state index in [1.165, 1.54) is 75.4 Å². The fourth-order valence-corrected chi connectivity index (χ4v) is 5.81. The zero-order valence-corrected chi connectivity index (χ0v) is 18.4. The van der Waals surface area contributed by atoms with Gasteiger partial charge in [-0.05, 0) is 98.9 Å². The largest absolute Gasteiger partial charge is 0.0956 e. The van der Waals surface area contributed by atoms with Crippen molar-refractivity contribution in [1.29, 1.82) is 0 Å². The molecule has 4 atom stereocenters. The number of allylic oxidation sites excluding steroid dienone is 7. The van der Waals surface area contributed by atoms with Crippen molar-refractivity contribution >= 4 is 0 Å². The van der Waals surface area contributed by atoms with E-state index >= 15 is 0 Å². The van der Waals surface area contributed by atoms with Gasteiger partial charge in [0, 0.05) is 0 Å². The van der Waals surface area contributed by atoms with Crippen molar-refractivity contribution in [3.63, 3.8) is 0 Å². The lowest BCUT2D eigenvalue weighted by Gasteiger charge is -2.42. The Hall–Kier alpha value is -1.04. The Morgan fingerprint density at radius 3 is 2.56 bits per heavy atom. The molecule has 0 aromatic rings. The van der Waals surface area contributed by atoms with E-state index in [4.69, 9.17) is 0 Å². The fourth-order valence-electron chi connectivity index (χ4n) is 5.81. The minimum absolute atomic E-state index is 0.525. The molecule has 0 saturated heterocycles. The second-order valence-electron chi connectivity index (χ2n) is 10.2. The van der Waals surface area contributed by atoms with Crippen molar-refractivity contribution in [3.05, 3.63) is 47.6 Å². The Bertz CT molecular complexity index is 614. The summed E-state index contributed by atoms with van der Waals surface area (Å²) in [4.78, 5) is 0. The molecule has 3 rings (SSSR count). The average molecular weight is 367 g/mol. The summed E-state index contributed by atoms with van der Waals surface area (Å²) in [6, 6.07) is 0. The number of fused-ring (bicyclic) bond motifs is 1. The van der Waals surface area contributed by atoms with Gasteiger partial charge in [-0.15, -0.1) is 0 Å². The Balaban J connectivity index is 1.69. The van der Waals surface area contributed by atoms with Gasteiger partial charge in [0.05, 0.1) is 0 Å². The van der Waals surface area contributed by atoms with Crippen LogP contribution in [0.1, 0.15) is 91.9 Å². The summed E-state index contributed by atoms with van der Waals surface area (Å²) in [6.45, 7) is 13.9. The molecule has 0 N–H and O–H groups in total. The highest BCUT2D eigenvalue weighted by Crippen LogP contribution is 2.58. The molecule has 0 heteroatoms. The van der Waals surface area contributed by atoms with Crippen LogP contribution >= 0.6 is 0 Å². The third kappa shape index (κ3) is 4.69. The molecule has 0 unspecified atom stereocenters. The van der Waals surface area contributed by atoms with Crippen molar-refractivity contribution in [2.75, 3.05) is 0 Å². The molecule has 3 saturated carbocycles. The molecule has 0 radical (unpaired) electrons. The van der Waals surface area contributed by atoms with Crippen LogP contribution in [0.3, 0.4) is 0 Å². The number of rotatable bonds is 5. The van der Waals surface area contributed by atoms with E-state index in [0.717, 1.165) is 17.8 Å². The van der Waals surface area contributed by atoms with Gasteiger partial charge in [-0.1, -0.05) is 69.7 Å². The normalized spacial score (nSPS) is 36.1. The van der Waals surface area contributed by atoms with Crippen LogP contribution in [0.15, 0.2) is 47.6 Å². The highest BCUT2D eigenvalue weighted by molar-refractivity contribution is 5.35. The summed E-state index contributed by atoms with van der Waals surface area (Å²) in [7, 11) is 0. The van der Waals surface area contributed by atoms with Crippen LogP contribution in [0, 0.1) is 29.1 Å². The molecule has 0 aromatic carbocycles. The van der Waals surface area contributed by atoms with E-state index in [1.807, 2.05) is 0 Å². The van der Waals surface area contributed by atoms with Gasteiger partial charge in [0.2, 0.25) is 0 Å². The molecule has 3 aliphatic rings. The first kappa shape index (κ1) is 20.7. The second-order valence-corrected chi connectivity index (χ2v) is 10.2. The molecule has 3 aliphatic carbocycles. The molecule has 3 fully saturated rings. The first-order valence-corrected chi connectivity index (χ1v) is 11.7. The van der Waals surface area contributed by atoms with E-state index in [2.05, 4.69) is 58.6 Å². The lowest BCUT2D eigenvalue weighted by molar-refractivity contribution is 0.137. The van der Waals surface area contributed by atoms with Gasteiger partial charge in [-0.25, -0.2) is 0 Å². The van der Waals surface area contributed by atoms with Gasteiger partial charge in [0.15, 0.2) is 0 Å². The van der Waals surface area contributed by atoms with Crippen LogP contribution in [0.4, 0.5) is 0 Å². The fraction of sp³-hybridized carbons (Fsp3) is 0.704. The maximum Gasteiger partial charge on any atom is -0.0143 e. The third-order valence-corrected chi connectivity index (χ3v) is 8.20. The van der Waals surface area contributed by atoms with E-state index < -0.39 is 0 Å². The first-order chi connectivity index (χ1) is 12.9. The topological polar surface area (TPSA) is 0 Å².